The van der Waals surface area contributed by atoms with E-state index in [4.69, 9.17) is 4.74 Å². The first kappa shape index (κ1) is 25.9. The maximum Gasteiger partial charge on any atom is 0.414 e. The largest absolute Gasteiger partial charge is 0.442 e. The average molecular weight is 511 g/mol. The monoisotopic (exact) mass is 510 g/mol. The number of hydrogen-bond donors (Lipinski definition) is 1. The molecule has 11 heteroatoms. The van der Waals surface area contributed by atoms with E-state index in [1.54, 1.807) is 42.2 Å². The van der Waals surface area contributed by atoms with Crippen molar-refractivity contribution < 1.29 is 23.5 Å². The zero-order chi connectivity index (χ0) is 26.5. The third-order valence-corrected chi connectivity index (χ3v) is 6.22. The minimum absolute atomic E-state index is 0.00556. The summed E-state index contributed by atoms with van der Waals surface area (Å²) in [6.45, 7) is 4.38. The number of hydrogen-bond acceptors (Lipinski definition) is 6. The van der Waals surface area contributed by atoms with Crippen molar-refractivity contribution in [2.75, 3.05) is 58.3 Å². The van der Waals surface area contributed by atoms with Crippen LogP contribution in [0.1, 0.15) is 12.5 Å². The molecule has 2 fully saturated rings. The molecule has 10 nitrogen and oxygen atoms in total. The molecule has 0 spiro atoms. The van der Waals surface area contributed by atoms with Crippen LogP contribution in [-0.2, 0) is 9.53 Å². The molecule has 4 rings (SSSR count). The second-order valence-electron chi connectivity index (χ2n) is 9.20. The van der Waals surface area contributed by atoms with Gasteiger partial charge in [0.15, 0.2) is 0 Å². The van der Waals surface area contributed by atoms with Crippen LogP contribution in [0.3, 0.4) is 0 Å². The van der Waals surface area contributed by atoms with E-state index in [2.05, 4.69) is 10.4 Å². The number of nitrogens with zero attached hydrogens (tertiary/aromatic N) is 5. The van der Waals surface area contributed by atoms with Gasteiger partial charge in [-0.05, 0) is 29.3 Å². The van der Waals surface area contributed by atoms with Crippen molar-refractivity contribution in [2.24, 2.45) is 5.10 Å². The topological polar surface area (TPSA) is 97.8 Å². The Kier molecular flexibility index (Phi) is 7.90. The number of carbonyl (C=O) groups is 3. The average Bonchev–Trinajstić information content (AvgIpc) is 3.26. The Morgan fingerprint density at radius 1 is 1.14 bits per heavy atom. The van der Waals surface area contributed by atoms with Crippen LogP contribution in [0.15, 0.2) is 47.6 Å². The van der Waals surface area contributed by atoms with Gasteiger partial charge in [0.05, 0.1) is 38.1 Å². The number of nitrogens with one attached hydrogen (secondary N) is 1. The van der Waals surface area contributed by atoms with Gasteiger partial charge in [-0.25, -0.2) is 14.0 Å². The summed E-state index contributed by atoms with van der Waals surface area (Å²) >= 11 is 0. The molecule has 1 N–H and O–H groups in total. The molecule has 4 amide bonds. The number of cyclic esters (lactones) is 1. The van der Waals surface area contributed by atoms with Gasteiger partial charge in [0.2, 0.25) is 5.91 Å². The smallest absolute Gasteiger partial charge is 0.414 e. The highest BCUT2D eigenvalue weighted by Crippen LogP contribution is 2.29. The number of urea groups is 1. The van der Waals surface area contributed by atoms with Gasteiger partial charge < -0.3 is 19.9 Å². The van der Waals surface area contributed by atoms with Gasteiger partial charge in [-0.3, -0.25) is 14.7 Å². The van der Waals surface area contributed by atoms with Crippen LogP contribution < -0.4 is 10.2 Å². The number of ether oxygens (including phenoxy) is 1. The van der Waals surface area contributed by atoms with Gasteiger partial charge in [0.1, 0.15) is 11.9 Å². The van der Waals surface area contributed by atoms with Crippen LogP contribution in [0.5, 0.6) is 0 Å². The summed E-state index contributed by atoms with van der Waals surface area (Å²) < 4.78 is 20.3. The van der Waals surface area contributed by atoms with E-state index in [9.17, 15) is 18.8 Å². The van der Waals surface area contributed by atoms with E-state index in [0.29, 0.717) is 43.0 Å². The minimum Gasteiger partial charge on any atom is -0.442 e. The number of hydrazone groups is 1. The summed E-state index contributed by atoms with van der Waals surface area (Å²) in [7, 11) is 3.49. The van der Waals surface area contributed by atoms with Crippen molar-refractivity contribution in [2.45, 2.75) is 13.0 Å². The van der Waals surface area contributed by atoms with Crippen molar-refractivity contribution in [1.29, 1.82) is 0 Å². The van der Waals surface area contributed by atoms with E-state index in [1.165, 1.54) is 17.9 Å². The fourth-order valence-corrected chi connectivity index (χ4v) is 4.18. The zero-order valence-electron chi connectivity index (χ0n) is 21.2. The second-order valence-corrected chi connectivity index (χ2v) is 9.20. The lowest BCUT2D eigenvalue weighted by Crippen LogP contribution is -2.50. The lowest BCUT2D eigenvalue weighted by atomic mass is 10.0. The Balaban J connectivity index is 1.35. The number of piperazine rings is 1. The van der Waals surface area contributed by atoms with E-state index >= 15 is 0 Å². The highest BCUT2D eigenvalue weighted by molar-refractivity contribution is 5.90. The Labute approximate surface area is 215 Å². The lowest BCUT2D eigenvalue weighted by molar-refractivity contribution is -0.119. The van der Waals surface area contributed by atoms with Crippen LogP contribution in [0, 0.1) is 5.82 Å². The SMILES string of the molecule is CC(=O)NC[C@H]1CN(c2ccc(-c3ccc(/C=N/N4CCN(C(=O)N(C)C)CC4)cc3)c(F)c2)C(=O)O1. The molecular weight excluding hydrogens is 479 g/mol. The molecule has 0 bridgehead atoms. The molecule has 0 aromatic heterocycles. The molecule has 2 saturated heterocycles. The first-order valence-electron chi connectivity index (χ1n) is 12.1. The van der Waals surface area contributed by atoms with Gasteiger partial charge >= 0.3 is 12.1 Å². The van der Waals surface area contributed by atoms with Gasteiger partial charge in [0, 0.05) is 39.7 Å². The van der Waals surface area contributed by atoms with Crippen LogP contribution >= 0.6 is 0 Å². The number of carbonyl (C=O) groups excluding carboxylic acids is 3. The van der Waals surface area contributed by atoms with Gasteiger partial charge in [-0.1, -0.05) is 24.3 Å². The van der Waals surface area contributed by atoms with Crippen LogP contribution in [-0.4, -0.2) is 98.5 Å². The Hall–Kier alpha value is -4.15. The Morgan fingerprint density at radius 3 is 2.46 bits per heavy atom. The fourth-order valence-electron chi connectivity index (χ4n) is 4.18. The third-order valence-electron chi connectivity index (χ3n) is 6.22. The summed E-state index contributed by atoms with van der Waals surface area (Å²) in [6.07, 6.45) is 0.692. The normalized spacial score (nSPS) is 17.8. The summed E-state index contributed by atoms with van der Waals surface area (Å²) in [6, 6.07) is 12.0. The van der Waals surface area contributed by atoms with Crippen molar-refractivity contribution >= 4 is 29.9 Å². The predicted octanol–water partition coefficient (Wildman–Crippen LogP) is 2.59. The van der Waals surface area contributed by atoms with Gasteiger partial charge in [-0.15, -0.1) is 0 Å². The fraction of sp³-hybridized carbons (Fsp3) is 0.385. The summed E-state index contributed by atoms with van der Waals surface area (Å²) in [5.41, 5.74) is 2.38. The number of benzene rings is 2. The Bertz CT molecular complexity index is 1180. The lowest BCUT2D eigenvalue weighted by Gasteiger charge is -2.34. The molecule has 0 radical (unpaired) electrons. The number of rotatable bonds is 6. The molecule has 196 valence electrons. The molecule has 2 heterocycles. The number of halogens is 1. The Morgan fingerprint density at radius 2 is 1.84 bits per heavy atom. The maximum atomic E-state index is 15.0. The number of anilines is 1. The first-order chi connectivity index (χ1) is 17.7. The number of amides is 4. The minimum atomic E-state index is -0.572. The molecule has 2 aromatic carbocycles. The maximum absolute atomic E-state index is 15.0. The van der Waals surface area contributed by atoms with Crippen LogP contribution in [0.4, 0.5) is 19.7 Å². The highest BCUT2D eigenvalue weighted by Gasteiger charge is 2.32. The molecule has 2 aromatic rings. The van der Waals surface area contributed by atoms with Gasteiger partial charge in [0.25, 0.3) is 0 Å². The highest BCUT2D eigenvalue weighted by atomic mass is 19.1. The quantitative estimate of drug-likeness (QED) is 0.603. The van der Waals surface area contributed by atoms with Gasteiger partial charge in [-0.2, -0.15) is 5.10 Å². The molecule has 2 aliphatic heterocycles. The van der Waals surface area contributed by atoms with E-state index in [0.717, 1.165) is 5.56 Å². The summed E-state index contributed by atoms with van der Waals surface area (Å²) in [5, 5.41) is 9.06. The molecule has 0 aliphatic carbocycles. The second kappa shape index (κ2) is 11.3. The predicted molar refractivity (Wildman–Crippen MR) is 138 cm³/mol. The standard InChI is InChI=1S/C26H31FN6O4/c1-18(34)28-16-22-17-33(26(36)37-22)21-8-9-23(24(27)14-21)20-6-4-19(5-7-20)15-29-32-12-10-31(11-13-32)25(35)30(2)3/h4-9,14-15,22H,10-13,16-17H2,1-3H3,(H,28,34)/b29-15+/t22-/m0/s1. The molecule has 2 aliphatic rings. The molecule has 37 heavy (non-hydrogen) atoms. The van der Waals surface area contributed by atoms with Crippen molar-refractivity contribution in [1.82, 2.24) is 20.1 Å². The van der Waals surface area contributed by atoms with Crippen molar-refractivity contribution in [3.05, 3.63) is 53.8 Å². The van der Waals surface area contributed by atoms with Crippen LogP contribution in [0.2, 0.25) is 0 Å². The van der Waals surface area contributed by atoms with E-state index < -0.39 is 18.0 Å². The van der Waals surface area contributed by atoms with E-state index in [1.807, 2.05) is 29.3 Å². The van der Waals surface area contributed by atoms with Crippen molar-refractivity contribution in [3.63, 3.8) is 0 Å². The molecule has 1 atom stereocenters. The summed E-state index contributed by atoms with van der Waals surface area (Å²) in [5.74, 6) is -0.666. The van der Waals surface area contributed by atoms with Crippen molar-refractivity contribution in [3.8, 4) is 11.1 Å². The zero-order valence-corrected chi connectivity index (χ0v) is 21.2. The van der Waals surface area contributed by atoms with E-state index in [-0.39, 0.29) is 25.0 Å². The first-order valence-corrected chi connectivity index (χ1v) is 12.1. The summed E-state index contributed by atoms with van der Waals surface area (Å²) in [4.78, 5) is 40.1. The molecular formula is C26H31FN6O4. The molecule has 0 saturated carbocycles. The van der Waals surface area contributed by atoms with Crippen LogP contribution in [0.25, 0.3) is 11.1 Å². The third kappa shape index (κ3) is 6.35. The molecule has 0 unspecified atom stereocenters.